The van der Waals surface area contributed by atoms with E-state index in [9.17, 15) is 14.7 Å². The first kappa shape index (κ1) is 15.7. The van der Waals surface area contributed by atoms with E-state index in [2.05, 4.69) is 0 Å². The van der Waals surface area contributed by atoms with Crippen molar-refractivity contribution in [3.05, 3.63) is 54.1 Å². The molecular weight excluding hydrogens is 284 g/mol. The van der Waals surface area contributed by atoms with E-state index in [4.69, 9.17) is 9.84 Å². The van der Waals surface area contributed by atoms with E-state index in [-0.39, 0.29) is 17.7 Å². The van der Waals surface area contributed by atoms with Crippen molar-refractivity contribution in [2.45, 2.75) is 19.4 Å². The molecular formula is C17H16O5. The number of benzene rings is 2. The van der Waals surface area contributed by atoms with Crippen molar-refractivity contribution in [1.29, 1.82) is 0 Å². The lowest BCUT2D eigenvalue weighted by Gasteiger charge is -2.14. The predicted octanol–water partition coefficient (Wildman–Crippen LogP) is 2.79. The molecule has 2 N–H and O–H groups in total. The molecule has 5 heteroatoms. The van der Waals surface area contributed by atoms with Crippen LogP contribution in [-0.4, -0.2) is 22.2 Å². The molecule has 5 nitrogen and oxygen atoms in total. The second kappa shape index (κ2) is 6.87. The largest absolute Gasteiger partial charge is 0.479 e. The molecule has 0 amide bonds. The van der Waals surface area contributed by atoms with Crippen molar-refractivity contribution in [3.63, 3.8) is 0 Å². The van der Waals surface area contributed by atoms with Crippen LogP contribution in [0.25, 0.3) is 11.1 Å². The normalized spacial score (nSPS) is 11.7. The van der Waals surface area contributed by atoms with E-state index in [1.807, 2.05) is 30.3 Å². The summed E-state index contributed by atoms with van der Waals surface area (Å²) in [6.07, 6.45) is -1.59. The Bertz CT molecular complexity index is 679. The van der Waals surface area contributed by atoms with Gasteiger partial charge in [-0.1, -0.05) is 49.4 Å². The molecule has 0 saturated carbocycles. The Hall–Kier alpha value is -2.66. The standard InChI is InChI=1S/C17H16O5/c1-2-15(18)22-14-10-12(11-6-4-3-5-7-11)8-9-13(14)16(19)17(20)21/h3-10,16,19H,2H2,1H3,(H,20,21). The monoisotopic (exact) mass is 300 g/mol. The summed E-state index contributed by atoms with van der Waals surface area (Å²) in [6, 6.07) is 14.1. The highest BCUT2D eigenvalue weighted by Crippen LogP contribution is 2.31. The molecule has 1 atom stereocenters. The second-order valence-corrected chi connectivity index (χ2v) is 4.69. The van der Waals surface area contributed by atoms with Gasteiger partial charge in [-0.15, -0.1) is 0 Å². The van der Waals surface area contributed by atoms with Crippen LogP contribution in [0.15, 0.2) is 48.5 Å². The zero-order chi connectivity index (χ0) is 16.1. The van der Waals surface area contributed by atoms with Gasteiger partial charge in [0.25, 0.3) is 0 Å². The Labute approximate surface area is 127 Å². The number of rotatable bonds is 5. The Morgan fingerprint density at radius 2 is 1.77 bits per heavy atom. The molecule has 0 aliphatic heterocycles. The quantitative estimate of drug-likeness (QED) is 0.655. The third-order valence-corrected chi connectivity index (χ3v) is 3.16. The van der Waals surface area contributed by atoms with E-state index in [1.165, 1.54) is 6.07 Å². The van der Waals surface area contributed by atoms with Crippen LogP contribution >= 0.6 is 0 Å². The number of ether oxygens (including phenoxy) is 1. The van der Waals surface area contributed by atoms with E-state index >= 15 is 0 Å². The van der Waals surface area contributed by atoms with Crippen molar-refractivity contribution < 1.29 is 24.5 Å². The number of hydrogen-bond acceptors (Lipinski definition) is 4. The van der Waals surface area contributed by atoms with Crippen molar-refractivity contribution in [2.24, 2.45) is 0 Å². The van der Waals surface area contributed by atoms with Gasteiger partial charge in [0.05, 0.1) is 0 Å². The number of carboxylic acids is 1. The van der Waals surface area contributed by atoms with E-state index < -0.39 is 18.0 Å². The lowest BCUT2D eigenvalue weighted by molar-refractivity contribution is -0.147. The van der Waals surface area contributed by atoms with E-state index in [0.717, 1.165) is 11.1 Å². The number of aliphatic carboxylic acids is 1. The molecule has 0 fully saturated rings. The van der Waals surface area contributed by atoms with Gasteiger partial charge in [-0.3, -0.25) is 4.79 Å². The Balaban J connectivity index is 2.47. The third-order valence-electron chi connectivity index (χ3n) is 3.16. The van der Waals surface area contributed by atoms with E-state index in [1.54, 1.807) is 19.1 Å². The van der Waals surface area contributed by atoms with Gasteiger partial charge in [0.15, 0.2) is 6.10 Å². The van der Waals surface area contributed by atoms with Gasteiger partial charge in [0.2, 0.25) is 0 Å². The van der Waals surface area contributed by atoms with Crippen LogP contribution in [0.5, 0.6) is 5.75 Å². The number of carboxylic acid groups (broad SMARTS) is 1. The fourth-order valence-corrected chi connectivity index (χ4v) is 1.99. The average molecular weight is 300 g/mol. The van der Waals surface area contributed by atoms with Crippen molar-refractivity contribution in [3.8, 4) is 16.9 Å². The second-order valence-electron chi connectivity index (χ2n) is 4.69. The van der Waals surface area contributed by atoms with Gasteiger partial charge in [-0.25, -0.2) is 4.79 Å². The molecule has 0 saturated heterocycles. The molecule has 22 heavy (non-hydrogen) atoms. The SMILES string of the molecule is CCC(=O)Oc1cc(-c2ccccc2)ccc1C(O)C(=O)O. The van der Waals surface area contributed by atoms with Crippen molar-refractivity contribution in [2.75, 3.05) is 0 Å². The summed E-state index contributed by atoms with van der Waals surface area (Å²) in [6.45, 7) is 1.64. The highest BCUT2D eigenvalue weighted by molar-refractivity contribution is 5.79. The van der Waals surface area contributed by atoms with Crippen LogP contribution < -0.4 is 4.74 Å². The van der Waals surface area contributed by atoms with Gasteiger partial charge in [0, 0.05) is 12.0 Å². The summed E-state index contributed by atoms with van der Waals surface area (Å²) in [5, 5.41) is 18.7. The number of esters is 1. The minimum atomic E-state index is -1.75. The average Bonchev–Trinajstić information content (AvgIpc) is 2.54. The van der Waals surface area contributed by atoms with Gasteiger partial charge in [-0.2, -0.15) is 0 Å². The zero-order valence-electron chi connectivity index (χ0n) is 12.0. The smallest absolute Gasteiger partial charge is 0.337 e. The lowest BCUT2D eigenvalue weighted by atomic mass is 10.0. The molecule has 1 unspecified atom stereocenters. The maximum absolute atomic E-state index is 11.5. The number of hydrogen-bond donors (Lipinski definition) is 2. The summed E-state index contributed by atoms with van der Waals surface area (Å²) in [5.41, 5.74) is 1.71. The first-order valence-electron chi connectivity index (χ1n) is 6.84. The fraction of sp³-hybridized carbons (Fsp3) is 0.176. The lowest BCUT2D eigenvalue weighted by Crippen LogP contribution is -2.14. The molecule has 0 heterocycles. The summed E-state index contributed by atoms with van der Waals surface area (Å²) >= 11 is 0. The summed E-state index contributed by atoms with van der Waals surface area (Å²) in [5.74, 6) is -1.84. The molecule has 0 aliphatic rings. The Morgan fingerprint density at radius 1 is 1.09 bits per heavy atom. The molecule has 2 aromatic rings. The summed E-state index contributed by atoms with van der Waals surface area (Å²) < 4.78 is 5.17. The first-order chi connectivity index (χ1) is 10.5. The molecule has 114 valence electrons. The first-order valence-corrected chi connectivity index (χ1v) is 6.84. The van der Waals surface area contributed by atoms with Crippen LogP contribution in [0.3, 0.4) is 0 Å². The maximum atomic E-state index is 11.5. The van der Waals surface area contributed by atoms with Gasteiger partial charge < -0.3 is 14.9 Å². The molecule has 0 aromatic heterocycles. The van der Waals surface area contributed by atoms with E-state index in [0.29, 0.717) is 0 Å². The highest BCUT2D eigenvalue weighted by atomic mass is 16.5. The number of aliphatic hydroxyl groups excluding tert-OH is 1. The maximum Gasteiger partial charge on any atom is 0.337 e. The molecule has 0 spiro atoms. The zero-order valence-corrected chi connectivity index (χ0v) is 12.0. The highest BCUT2D eigenvalue weighted by Gasteiger charge is 2.22. The predicted molar refractivity (Wildman–Crippen MR) is 80.4 cm³/mol. The van der Waals surface area contributed by atoms with Crippen molar-refractivity contribution >= 4 is 11.9 Å². The molecule has 0 aliphatic carbocycles. The van der Waals surface area contributed by atoms with Crippen LogP contribution in [-0.2, 0) is 9.59 Å². The molecule has 0 bridgehead atoms. The fourth-order valence-electron chi connectivity index (χ4n) is 1.99. The molecule has 0 radical (unpaired) electrons. The summed E-state index contributed by atoms with van der Waals surface area (Å²) in [4.78, 5) is 22.5. The van der Waals surface area contributed by atoms with Crippen molar-refractivity contribution in [1.82, 2.24) is 0 Å². The number of carbonyl (C=O) groups excluding carboxylic acids is 1. The summed E-state index contributed by atoms with van der Waals surface area (Å²) in [7, 11) is 0. The Morgan fingerprint density at radius 3 is 2.36 bits per heavy atom. The van der Waals surface area contributed by atoms with Crippen LogP contribution in [0.4, 0.5) is 0 Å². The van der Waals surface area contributed by atoms with Crippen LogP contribution in [0.2, 0.25) is 0 Å². The van der Waals surface area contributed by atoms with Gasteiger partial charge in [0.1, 0.15) is 5.75 Å². The minimum Gasteiger partial charge on any atom is -0.479 e. The Kier molecular flexibility index (Phi) is 4.91. The van der Waals surface area contributed by atoms with Gasteiger partial charge >= 0.3 is 11.9 Å². The van der Waals surface area contributed by atoms with Crippen LogP contribution in [0.1, 0.15) is 25.0 Å². The third kappa shape index (κ3) is 3.51. The number of carbonyl (C=O) groups is 2. The number of aliphatic hydroxyl groups is 1. The van der Waals surface area contributed by atoms with Gasteiger partial charge in [-0.05, 0) is 17.2 Å². The topological polar surface area (TPSA) is 83.8 Å². The minimum absolute atomic E-state index is 0.0500. The molecule has 2 aromatic carbocycles. The van der Waals surface area contributed by atoms with Crippen LogP contribution in [0, 0.1) is 0 Å². The molecule has 2 rings (SSSR count).